The summed E-state index contributed by atoms with van der Waals surface area (Å²) in [7, 11) is 0. The molecule has 3 rings (SSSR count). The quantitative estimate of drug-likeness (QED) is 0.759. The average molecular weight is 395 g/mol. The molecular formula is C16H13Br2NO. The van der Waals surface area contributed by atoms with Gasteiger partial charge in [-0.3, -0.25) is 4.79 Å². The zero-order valence-corrected chi connectivity index (χ0v) is 13.9. The van der Waals surface area contributed by atoms with Crippen LogP contribution in [0.4, 0.5) is 0 Å². The molecule has 2 aromatic carbocycles. The van der Waals surface area contributed by atoms with Gasteiger partial charge in [-0.1, -0.05) is 62.2 Å². The van der Waals surface area contributed by atoms with Gasteiger partial charge in [-0.25, -0.2) is 0 Å². The molecule has 20 heavy (non-hydrogen) atoms. The minimum absolute atomic E-state index is 0.0277. The van der Waals surface area contributed by atoms with Gasteiger partial charge < -0.3 is 5.32 Å². The van der Waals surface area contributed by atoms with Crippen molar-refractivity contribution >= 4 is 37.8 Å². The lowest BCUT2D eigenvalue weighted by Crippen LogP contribution is -2.31. The molecule has 0 saturated carbocycles. The van der Waals surface area contributed by atoms with Crippen LogP contribution in [0.25, 0.3) is 0 Å². The highest BCUT2D eigenvalue weighted by atomic mass is 79.9. The van der Waals surface area contributed by atoms with Crippen molar-refractivity contribution in [2.24, 2.45) is 0 Å². The molecule has 0 bridgehead atoms. The molecule has 4 heteroatoms. The number of amides is 1. The van der Waals surface area contributed by atoms with Crippen molar-refractivity contribution in [2.45, 2.75) is 11.2 Å². The number of fused-ring (bicyclic) bond motifs is 1. The molecule has 0 fully saturated rings. The molecule has 1 N–H and O–H groups in total. The lowest BCUT2D eigenvalue weighted by Gasteiger charge is -2.19. The van der Waals surface area contributed by atoms with Crippen LogP contribution in [0.2, 0.25) is 0 Å². The van der Waals surface area contributed by atoms with E-state index in [1.807, 2.05) is 24.3 Å². The molecule has 1 unspecified atom stereocenters. The Morgan fingerprint density at radius 1 is 1.15 bits per heavy atom. The summed E-state index contributed by atoms with van der Waals surface area (Å²) in [6, 6.07) is 14.2. The van der Waals surface area contributed by atoms with Crippen molar-refractivity contribution in [3.05, 3.63) is 69.2 Å². The highest BCUT2D eigenvalue weighted by molar-refractivity contribution is 9.11. The Hall–Kier alpha value is -1.13. The molecular weight excluding hydrogens is 382 g/mol. The fourth-order valence-corrected chi connectivity index (χ4v) is 3.95. The van der Waals surface area contributed by atoms with Crippen LogP contribution >= 0.6 is 31.9 Å². The predicted octanol–water partition coefficient (Wildman–Crippen LogP) is 4.22. The molecule has 0 aliphatic carbocycles. The van der Waals surface area contributed by atoms with E-state index in [-0.39, 0.29) is 10.7 Å². The SMILES string of the molecule is O=C1NCCc2ccc(C(Br)c3ccccc3Br)cc21. The van der Waals surface area contributed by atoms with Crippen LogP contribution in [0, 0.1) is 0 Å². The van der Waals surface area contributed by atoms with Gasteiger partial charge in [0.05, 0.1) is 4.83 Å². The van der Waals surface area contributed by atoms with Crippen LogP contribution in [0.15, 0.2) is 46.9 Å². The highest BCUT2D eigenvalue weighted by Crippen LogP contribution is 2.36. The maximum Gasteiger partial charge on any atom is 0.251 e. The van der Waals surface area contributed by atoms with Crippen molar-refractivity contribution in [3.63, 3.8) is 0 Å². The molecule has 0 spiro atoms. The van der Waals surface area contributed by atoms with Crippen LogP contribution in [0.1, 0.15) is 31.9 Å². The summed E-state index contributed by atoms with van der Waals surface area (Å²) in [5, 5.41) is 2.89. The lowest BCUT2D eigenvalue weighted by molar-refractivity contribution is 0.0946. The van der Waals surface area contributed by atoms with E-state index in [1.165, 1.54) is 0 Å². The smallest absolute Gasteiger partial charge is 0.251 e. The van der Waals surface area contributed by atoms with Crippen LogP contribution in [-0.2, 0) is 6.42 Å². The Kier molecular flexibility index (Phi) is 3.94. The van der Waals surface area contributed by atoms with E-state index >= 15 is 0 Å². The van der Waals surface area contributed by atoms with Crippen LogP contribution in [0.5, 0.6) is 0 Å². The summed E-state index contributed by atoms with van der Waals surface area (Å²) >= 11 is 7.30. The molecule has 2 nitrogen and oxygen atoms in total. The zero-order valence-electron chi connectivity index (χ0n) is 10.7. The molecule has 0 aromatic heterocycles. The number of nitrogens with one attached hydrogen (secondary N) is 1. The number of benzene rings is 2. The van der Waals surface area contributed by atoms with E-state index in [4.69, 9.17) is 0 Å². The number of hydrogen-bond donors (Lipinski definition) is 1. The van der Waals surface area contributed by atoms with Crippen LogP contribution in [0.3, 0.4) is 0 Å². The Bertz CT molecular complexity index is 669. The first-order valence-corrected chi connectivity index (χ1v) is 8.17. The van der Waals surface area contributed by atoms with Gasteiger partial charge in [0.1, 0.15) is 0 Å². The number of carbonyl (C=O) groups excluding carboxylic acids is 1. The van der Waals surface area contributed by atoms with Gasteiger partial charge in [0, 0.05) is 16.6 Å². The van der Waals surface area contributed by atoms with E-state index < -0.39 is 0 Å². The normalized spacial score (nSPS) is 15.4. The minimum atomic E-state index is 0.0277. The van der Waals surface area contributed by atoms with Gasteiger partial charge in [0.2, 0.25) is 0 Å². The number of hydrogen-bond acceptors (Lipinski definition) is 1. The molecule has 1 amide bonds. The summed E-state index contributed by atoms with van der Waals surface area (Å²) in [5.74, 6) is 0.0277. The molecule has 0 saturated heterocycles. The van der Waals surface area contributed by atoms with E-state index in [1.54, 1.807) is 0 Å². The summed E-state index contributed by atoms with van der Waals surface area (Å²) < 4.78 is 1.06. The second-order valence-electron chi connectivity index (χ2n) is 4.81. The molecule has 2 aromatic rings. The number of rotatable bonds is 2. The fourth-order valence-electron chi connectivity index (χ4n) is 2.45. The molecule has 1 aliphatic rings. The first-order chi connectivity index (χ1) is 9.66. The first-order valence-electron chi connectivity index (χ1n) is 6.46. The zero-order chi connectivity index (χ0) is 14.1. The van der Waals surface area contributed by atoms with Crippen LogP contribution < -0.4 is 5.32 Å². The molecule has 1 atom stereocenters. The van der Waals surface area contributed by atoms with Crippen molar-refractivity contribution < 1.29 is 4.79 Å². The average Bonchev–Trinajstić information content (AvgIpc) is 2.47. The summed E-state index contributed by atoms with van der Waals surface area (Å²) in [4.78, 5) is 12.0. The summed E-state index contributed by atoms with van der Waals surface area (Å²) in [5.41, 5.74) is 4.17. The third-order valence-electron chi connectivity index (χ3n) is 3.53. The van der Waals surface area contributed by atoms with Gasteiger partial charge in [0.25, 0.3) is 5.91 Å². The maximum absolute atomic E-state index is 11.9. The number of halogens is 2. The Morgan fingerprint density at radius 2 is 1.95 bits per heavy atom. The largest absolute Gasteiger partial charge is 0.352 e. The summed E-state index contributed by atoms with van der Waals surface area (Å²) in [6.45, 7) is 0.729. The van der Waals surface area contributed by atoms with Gasteiger partial charge in [-0.05, 0) is 35.2 Å². The topological polar surface area (TPSA) is 29.1 Å². The Balaban J connectivity index is 2.01. The van der Waals surface area contributed by atoms with E-state index in [2.05, 4.69) is 55.4 Å². The Labute approximate surface area is 134 Å². The van der Waals surface area contributed by atoms with Crippen molar-refractivity contribution in [1.82, 2.24) is 5.32 Å². The number of alkyl halides is 1. The fraction of sp³-hybridized carbons (Fsp3) is 0.188. The lowest BCUT2D eigenvalue weighted by atomic mass is 9.95. The highest BCUT2D eigenvalue weighted by Gasteiger charge is 2.20. The van der Waals surface area contributed by atoms with Gasteiger partial charge in [0.15, 0.2) is 0 Å². The van der Waals surface area contributed by atoms with Crippen molar-refractivity contribution in [2.75, 3.05) is 6.54 Å². The van der Waals surface area contributed by atoms with Crippen molar-refractivity contribution in [1.29, 1.82) is 0 Å². The predicted molar refractivity (Wildman–Crippen MR) is 87.4 cm³/mol. The van der Waals surface area contributed by atoms with Gasteiger partial charge in [-0.2, -0.15) is 0 Å². The van der Waals surface area contributed by atoms with E-state index in [0.717, 1.165) is 39.7 Å². The maximum atomic E-state index is 11.9. The van der Waals surface area contributed by atoms with Gasteiger partial charge >= 0.3 is 0 Å². The third kappa shape index (κ3) is 2.54. The van der Waals surface area contributed by atoms with Gasteiger partial charge in [-0.15, -0.1) is 0 Å². The van der Waals surface area contributed by atoms with E-state index in [9.17, 15) is 4.79 Å². The molecule has 0 radical (unpaired) electrons. The second-order valence-corrected chi connectivity index (χ2v) is 6.58. The standard InChI is InChI=1S/C16H13Br2NO/c17-14-4-2-1-3-12(14)15(18)11-6-5-10-7-8-19-16(20)13(10)9-11/h1-6,9,15H,7-8H2,(H,19,20). The van der Waals surface area contributed by atoms with E-state index in [0.29, 0.717) is 0 Å². The number of carbonyl (C=O) groups is 1. The first kappa shape index (κ1) is 13.8. The molecule has 102 valence electrons. The van der Waals surface area contributed by atoms with Crippen molar-refractivity contribution in [3.8, 4) is 0 Å². The third-order valence-corrected chi connectivity index (χ3v) is 5.27. The second kappa shape index (κ2) is 5.70. The summed E-state index contributed by atoms with van der Waals surface area (Å²) in [6.07, 6.45) is 0.906. The molecule has 1 aliphatic heterocycles. The monoisotopic (exact) mass is 393 g/mol. The molecule has 1 heterocycles. The van der Waals surface area contributed by atoms with Crippen LogP contribution in [-0.4, -0.2) is 12.5 Å². The Morgan fingerprint density at radius 3 is 2.75 bits per heavy atom. The minimum Gasteiger partial charge on any atom is -0.352 e.